The Kier molecular flexibility index (Phi) is 10.6. The zero-order chi connectivity index (χ0) is 22.0. The minimum atomic E-state index is -1.75. The highest BCUT2D eigenvalue weighted by molar-refractivity contribution is 7.80. The van der Waals surface area contributed by atoms with Crippen molar-refractivity contribution in [2.75, 3.05) is 5.75 Å². The van der Waals surface area contributed by atoms with Gasteiger partial charge in [0, 0.05) is 5.75 Å². The summed E-state index contributed by atoms with van der Waals surface area (Å²) in [5, 5.41) is 32.7. The first-order chi connectivity index (χ1) is 12.9. The molecule has 0 radical (unpaired) electrons. The Morgan fingerprint density at radius 2 is 1.18 bits per heavy atom. The van der Waals surface area contributed by atoms with Crippen molar-refractivity contribution < 1.29 is 44.1 Å². The lowest BCUT2D eigenvalue weighted by atomic mass is 10.1. The number of rotatable bonds is 12. The maximum atomic E-state index is 12.3. The fraction of sp³-hybridized carbons (Fsp3) is 0.571. The molecule has 0 aromatic rings. The smallest absolute Gasteiger partial charge is 0.326 e. The van der Waals surface area contributed by atoms with Crippen LogP contribution in [-0.2, 0) is 28.8 Å². The van der Waals surface area contributed by atoms with Crippen molar-refractivity contribution in [1.29, 1.82) is 0 Å². The van der Waals surface area contributed by atoms with Crippen molar-refractivity contribution in [1.82, 2.24) is 16.0 Å². The van der Waals surface area contributed by atoms with Crippen LogP contribution in [-0.4, -0.2) is 80.9 Å². The van der Waals surface area contributed by atoms with Gasteiger partial charge >= 0.3 is 17.9 Å². The molecule has 13 nitrogen and oxygen atoms in total. The molecule has 4 atom stereocenters. The minimum absolute atomic E-state index is 0.321. The number of nitrogens with one attached hydrogen (secondary N) is 3. The number of amides is 3. The van der Waals surface area contributed by atoms with Crippen LogP contribution < -0.4 is 21.7 Å². The summed E-state index contributed by atoms with van der Waals surface area (Å²) in [6.07, 6.45) is -1.71. The van der Waals surface area contributed by atoms with Gasteiger partial charge in [-0.1, -0.05) is 0 Å². The van der Waals surface area contributed by atoms with Crippen LogP contribution in [0, 0.1) is 0 Å². The van der Waals surface area contributed by atoms with E-state index in [9.17, 15) is 28.8 Å². The minimum Gasteiger partial charge on any atom is -0.481 e. The van der Waals surface area contributed by atoms with Crippen LogP contribution in [0.3, 0.4) is 0 Å². The van der Waals surface area contributed by atoms with Gasteiger partial charge in [0.05, 0.1) is 18.9 Å². The monoisotopic (exact) mass is 422 g/mol. The van der Waals surface area contributed by atoms with E-state index in [1.165, 1.54) is 6.92 Å². The van der Waals surface area contributed by atoms with Gasteiger partial charge in [-0.05, 0) is 6.92 Å². The van der Waals surface area contributed by atoms with Gasteiger partial charge < -0.3 is 37.0 Å². The van der Waals surface area contributed by atoms with Gasteiger partial charge in [0.1, 0.15) is 18.1 Å². The number of carbonyl (C=O) groups excluding carboxylic acids is 3. The van der Waals surface area contributed by atoms with Crippen molar-refractivity contribution in [3.63, 3.8) is 0 Å². The maximum absolute atomic E-state index is 12.3. The average Bonchev–Trinajstić information content (AvgIpc) is 2.56. The number of thiol groups is 1. The molecule has 8 N–H and O–H groups in total. The van der Waals surface area contributed by atoms with E-state index < -0.39 is 72.6 Å². The maximum Gasteiger partial charge on any atom is 0.326 e. The largest absolute Gasteiger partial charge is 0.481 e. The number of carbonyl (C=O) groups is 6. The summed E-state index contributed by atoms with van der Waals surface area (Å²) in [4.78, 5) is 68.6. The van der Waals surface area contributed by atoms with Crippen LogP contribution in [0.2, 0.25) is 0 Å². The Morgan fingerprint density at radius 3 is 1.57 bits per heavy atom. The Labute approximate surface area is 164 Å². The van der Waals surface area contributed by atoms with E-state index >= 15 is 0 Å². The van der Waals surface area contributed by atoms with Crippen LogP contribution in [0.15, 0.2) is 0 Å². The third kappa shape index (κ3) is 9.18. The Balaban J connectivity index is 5.19. The summed E-state index contributed by atoms with van der Waals surface area (Å²) in [5.41, 5.74) is 5.34. The second kappa shape index (κ2) is 11.8. The molecule has 14 heteroatoms. The molecule has 0 aliphatic rings. The SMILES string of the molecule is CC(N)C(=O)NC(CC(=O)O)C(=O)NC(CS)C(=O)NC(CC(=O)O)C(=O)O. The summed E-state index contributed by atoms with van der Waals surface area (Å²) >= 11 is 3.85. The number of nitrogens with two attached hydrogens (primary N) is 1. The summed E-state index contributed by atoms with van der Waals surface area (Å²) < 4.78 is 0. The zero-order valence-corrected chi connectivity index (χ0v) is 15.6. The van der Waals surface area contributed by atoms with Crippen molar-refractivity contribution in [2.45, 2.75) is 43.9 Å². The summed E-state index contributed by atoms with van der Waals surface area (Å²) in [6.45, 7) is 1.31. The van der Waals surface area contributed by atoms with Gasteiger partial charge in [-0.3, -0.25) is 24.0 Å². The van der Waals surface area contributed by atoms with Crippen LogP contribution in [0.4, 0.5) is 0 Å². The molecule has 0 spiro atoms. The second-order valence-corrected chi connectivity index (χ2v) is 6.05. The van der Waals surface area contributed by atoms with Gasteiger partial charge in [-0.25, -0.2) is 4.79 Å². The van der Waals surface area contributed by atoms with E-state index in [-0.39, 0.29) is 5.75 Å². The molecule has 4 unspecified atom stereocenters. The van der Waals surface area contributed by atoms with E-state index in [1.54, 1.807) is 0 Å². The number of carboxylic acid groups (broad SMARTS) is 3. The second-order valence-electron chi connectivity index (χ2n) is 5.69. The number of hydrogen-bond acceptors (Lipinski definition) is 8. The Hall–Kier alpha value is -2.87. The first-order valence-corrected chi connectivity index (χ1v) is 8.46. The fourth-order valence-corrected chi connectivity index (χ4v) is 2.06. The lowest BCUT2D eigenvalue weighted by Gasteiger charge is -2.23. The summed E-state index contributed by atoms with van der Waals surface area (Å²) in [7, 11) is 0. The molecule has 0 saturated carbocycles. The van der Waals surface area contributed by atoms with E-state index in [0.29, 0.717) is 0 Å². The van der Waals surface area contributed by atoms with Crippen LogP contribution in [0.1, 0.15) is 19.8 Å². The van der Waals surface area contributed by atoms with Crippen molar-refractivity contribution in [2.24, 2.45) is 5.73 Å². The lowest BCUT2D eigenvalue weighted by Crippen LogP contribution is -2.58. The van der Waals surface area contributed by atoms with E-state index in [1.807, 2.05) is 5.32 Å². The highest BCUT2D eigenvalue weighted by atomic mass is 32.1. The van der Waals surface area contributed by atoms with Crippen LogP contribution in [0.5, 0.6) is 0 Å². The quantitative estimate of drug-likeness (QED) is 0.147. The van der Waals surface area contributed by atoms with Gasteiger partial charge in [0.25, 0.3) is 0 Å². The fourth-order valence-electron chi connectivity index (χ4n) is 1.80. The van der Waals surface area contributed by atoms with E-state index in [0.717, 1.165) is 0 Å². The van der Waals surface area contributed by atoms with Crippen molar-refractivity contribution >= 4 is 48.3 Å². The van der Waals surface area contributed by atoms with Crippen molar-refractivity contribution in [3.8, 4) is 0 Å². The van der Waals surface area contributed by atoms with E-state index in [2.05, 4.69) is 23.3 Å². The molecular formula is C14H22N4O9S. The molecule has 0 rings (SSSR count). The van der Waals surface area contributed by atoms with E-state index in [4.69, 9.17) is 21.1 Å². The van der Waals surface area contributed by atoms with Gasteiger partial charge in [-0.15, -0.1) is 0 Å². The predicted molar refractivity (Wildman–Crippen MR) is 95.4 cm³/mol. The topological polar surface area (TPSA) is 225 Å². The molecule has 3 amide bonds. The molecule has 0 aromatic heterocycles. The first-order valence-electron chi connectivity index (χ1n) is 7.83. The van der Waals surface area contributed by atoms with Crippen LogP contribution in [0.25, 0.3) is 0 Å². The Bertz CT molecular complexity index is 640. The number of hydrogen-bond donors (Lipinski definition) is 8. The zero-order valence-electron chi connectivity index (χ0n) is 14.7. The lowest BCUT2D eigenvalue weighted by molar-refractivity contribution is -0.147. The molecular weight excluding hydrogens is 400 g/mol. The molecule has 158 valence electrons. The summed E-state index contributed by atoms with van der Waals surface area (Å²) in [6, 6.07) is -5.76. The van der Waals surface area contributed by atoms with Gasteiger partial charge in [0.2, 0.25) is 17.7 Å². The first kappa shape index (κ1) is 25.1. The highest BCUT2D eigenvalue weighted by Gasteiger charge is 2.31. The Morgan fingerprint density at radius 1 is 0.786 bits per heavy atom. The standard InChI is InChI=1S/C14H22N4O9S/c1-5(15)11(23)16-6(2-9(19)20)12(24)18-8(4-28)13(25)17-7(14(26)27)3-10(21)22/h5-8,28H,2-4,15H2,1H3,(H,16,23)(H,17,25)(H,18,24)(H,19,20)(H,21,22)(H,26,27). The molecule has 0 saturated heterocycles. The predicted octanol–water partition coefficient (Wildman–Crippen LogP) is -3.25. The number of carboxylic acids is 3. The number of aliphatic carboxylic acids is 3. The normalized spacial score (nSPS) is 14.7. The molecule has 0 bridgehead atoms. The average molecular weight is 422 g/mol. The molecule has 0 aromatic carbocycles. The molecule has 28 heavy (non-hydrogen) atoms. The third-order valence-corrected chi connectivity index (χ3v) is 3.60. The molecule has 0 aliphatic carbocycles. The van der Waals surface area contributed by atoms with Gasteiger partial charge in [-0.2, -0.15) is 12.6 Å². The molecule has 0 heterocycles. The van der Waals surface area contributed by atoms with Gasteiger partial charge in [0.15, 0.2) is 0 Å². The van der Waals surface area contributed by atoms with Crippen LogP contribution >= 0.6 is 12.6 Å². The molecule has 0 fully saturated rings. The van der Waals surface area contributed by atoms with Crippen molar-refractivity contribution in [3.05, 3.63) is 0 Å². The highest BCUT2D eigenvalue weighted by Crippen LogP contribution is 2.00. The molecule has 0 aliphatic heterocycles. The summed E-state index contributed by atoms with van der Waals surface area (Å²) in [5.74, 6) is -7.71. The third-order valence-electron chi connectivity index (χ3n) is 3.23.